The molecule has 0 bridgehead atoms. The van der Waals surface area contributed by atoms with Crippen LogP contribution in [0.2, 0.25) is 0 Å². The van der Waals surface area contributed by atoms with Gasteiger partial charge in [0.1, 0.15) is 0 Å². The summed E-state index contributed by atoms with van der Waals surface area (Å²) < 4.78 is 10.2. The molecule has 0 spiro atoms. The fraction of sp³-hybridized carbons (Fsp3) is 0. The zero-order valence-electron chi connectivity index (χ0n) is 6.15. The first-order chi connectivity index (χ1) is 5.93. The Morgan fingerprint density at radius 2 is 1.50 bits per heavy atom. The van der Waals surface area contributed by atoms with Gasteiger partial charge in [0.05, 0.1) is 12.5 Å². The van der Waals surface area contributed by atoms with Gasteiger partial charge in [0.25, 0.3) is 0 Å². The molecule has 0 atom stereocenters. The van der Waals surface area contributed by atoms with Gasteiger partial charge in [-0.25, -0.2) is 0 Å². The van der Waals surface area contributed by atoms with Gasteiger partial charge in [0.15, 0.2) is 0 Å². The predicted octanol–water partition coefficient (Wildman–Crippen LogP) is 2.57. The molecule has 0 aliphatic carbocycles. The maximum absolute atomic E-state index is 5.12. The van der Waals surface area contributed by atoms with Gasteiger partial charge in [0, 0.05) is 10.8 Å². The number of hydrogen-bond acceptors (Lipinski definition) is 3. The summed E-state index contributed by atoms with van der Waals surface area (Å²) in [5, 5.41) is 2.01. The number of rotatable bonds is 0. The zero-order valence-corrected chi connectivity index (χ0v) is 6.15. The van der Waals surface area contributed by atoms with Gasteiger partial charge in [-0.15, -0.1) is 0 Å². The van der Waals surface area contributed by atoms with E-state index in [9.17, 15) is 0 Å². The molecule has 3 heterocycles. The lowest BCUT2D eigenvalue weighted by Crippen LogP contribution is -1.72. The molecular weight excluding hydrogens is 154 g/mol. The lowest BCUT2D eigenvalue weighted by atomic mass is 10.3. The Bertz CT molecular complexity index is 444. The highest BCUT2D eigenvalue weighted by molar-refractivity contribution is 5.87. The molecule has 3 aromatic rings. The molecule has 0 N–H and O–H groups in total. The second kappa shape index (κ2) is 1.88. The highest BCUT2D eigenvalue weighted by Crippen LogP contribution is 2.20. The molecule has 3 aromatic heterocycles. The Morgan fingerprint density at radius 1 is 0.917 bits per heavy atom. The van der Waals surface area contributed by atoms with Crippen LogP contribution in [0.5, 0.6) is 0 Å². The minimum Gasteiger partial charge on any atom is -0.446 e. The summed E-state index contributed by atoms with van der Waals surface area (Å²) in [5.41, 5.74) is 1.25. The first kappa shape index (κ1) is 5.83. The van der Waals surface area contributed by atoms with E-state index < -0.39 is 0 Å². The molecule has 12 heavy (non-hydrogen) atoms. The van der Waals surface area contributed by atoms with Gasteiger partial charge in [-0.2, -0.15) is 4.98 Å². The summed E-state index contributed by atoms with van der Waals surface area (Å²) in [4.78, 5) is 4.16. The van der Waals surface area contributed by atoms with Crippen molar-refractivity contribution in [1.29, 1.82) is 0 Å². The SMILES string of the molecule is c1cc2cc3ccoc3nc2o1. The highest BCUT2D eigenvalue weighted by Gasteiger charge is 2.02. The molecule has 0 unspecified atom stereocenters. The largest absolute Gasteiger partial charge is 0.446 e. The molecule has 0 aliphatic heterocycles. The molecule has 3 heteroatoms. The van der Waals surface area contributed by atoms with Crippen molar-refractivity contribution in [3.05, 3.63) is 30.7 Å². The van der Waals surface area contributed by atoms with E-state index in [1.54, 1.807) is 12.5 Å². The standard InChI is InChI=1S/C9H5NO2/c1-3-11-8-6(1)5-7-2-4-12-9(7)10-8/h1-5H. The Labute approximate surface area is 67.6 Å². The van der Waals surface area contributed by atoms with E-state index in [0.717, 1.165) is 10.8 Å². The van der Waals surface area contributed by atoms with E-state index in [1.807, 2.05) is 18.2 Å². The van der Waals surface area contributed by atoms with Crippen LogP contribution in [-0.2, 0) is 0 Å². The van der Waals surface area contributed by atoms with E-state index in [2.05, 4.69) is 4.98 Å². The fourth-order valence-electron chi connectivity index (χ4n) is 1.28. The monoisotopic (exact) mass is 159 g/mol. The number of fused-ring (bicyclic) bond motifs is 2. The van der Waals surface area contributed by atoms with Gasteiger partial charge >= 0.3 is 0 Å². The van der Waals surface area contributed by atoms with Crippen LogP contribution in [0.1, 0.15) is 0 Å². The normalized spacial score (nSPS) is 11.3. The van der Waals surface area contributed by atoms with Crippen LogP contribution < -0.4 is 0 Å². The molecule has 0 saturated heterocycles. The third-order valence-corrected chi connectivity index (χ3v) is 1.86. The van der Waals surface area contributed by atoms with Crippen LogP contribution in [0, 0.1) is 0 Å². The van der Waals surface area contributed by atoms with Crippen LogP contribution >= 0.6 is 0 Å². The number of nitrogens with zero attached hydrogens (tertiary/aromatic N) is 1. The molecule has 58 valence electrons. The summed E-state index contributed by atoms with van der Waals surface area (Å²) in [6, 6.07) is 5.76. The second-order valence-electron chi connectivity index (χ2n) is 2.62. The van der Waals surface area contributed by atoms with Crippen LogP contribution in [0.25, 0.3) is 22.2 Å². The van der Waals surface area contributed by atoms with E-state index in [0.29, 0.717) is 11.4 Å². The summed E-state index contributed by atoms with van der Waals surface area (Å²) >= 11 is 0. The molecular formula is C9H5NO2. The molecule has 0 aromatic carbocycles. The van der Waals surface area contributed by atoms with Gasteiger partial charge < -0.3 is 8.83 Å². The topological polar surface area (TPSA) is 39.2 Å². The van der Waals surface area contributed by atoms with Crippen molar-refractivity contribution in [2.45, 2.75) is 0 Å². The zero-order chi connectivity index (χ0) is 7.97. The first-order valence-electron chi connectivity index (χ1n) is 3.65. The van der Waals surface area contributed by atoms with Gasteiger partial charge in [-0.05, 0) is 18.2 Å². The van der Waals surface area contributed by atoms with Crippen LogP contribution in [0.15, 0.2) is 39.6 Å². The Kier molecular flexibility index (Phi) is 0.913. The molecule has 0 aliphatic rings. The number of pyridine rings is 1. The van der Waals surface area contributed by atoms with Gasteiger partial charge in [-0.3, -0.25) is 0 Å². The van der Waals surface area contributed by atoms with E-state index >= 15 is 0 Å². The van der Waals surface area contributed by atoms with Crippen molar-refractivity contribution < 1.29 is 8.83 Å². The molecule has 0 fully saturated rings. The Balaban J connectivity index is 2.62. The summed E-state index contributed by atoms with van der Waals surface area (Å²) in [6.07, 6.45) is 3.24. The first-order valence-corrected chi connectivity index (χ1v) is 3.65. The predicted molar refractivity (Wildman–Crippen MR) is 43.8 cm³/mol. The van der Waals surface area contributed by atoms with Crippen LogP contribution in [0.3, 0.4) is 0 Å². The highest BCUT2D eigenvalue weighted by atomic mass is 16.3. The third kappa shape index (κ3) is 0.625. The lowest BCUT2D eigenvalue weighted by molar-refractivity contribution is 0.583. The summed E-state index contributed by atoms with van der Waals surface area (Å²) in [7, 11) is 0. The Morgan fingerprint density at radius 3 is 2.08 bits per heavy atom. The minimum atomic E-state index is 0.623. The molecule has 0 amide bonds. The quantitative estimate of drug-likeness (QED) is 0.506. The van der Waals surface area contributed by atoms with E-state index in [1.165, 1.54) is 0 Å². The Hall–Kier alpha value is -1.77. The average Bonchev–Trinajstić information content (AvgIpc) is 2.64. The summed E-state index contributed by atoms with van der Waals surface area (Å²) in [5.74, 6) is 0. The van der Waals surface area contributed by atoms with Crippen LogP contribution in [-0.4, -0.2) is 4.98 Å². The van der Waals surface area contributed by atoms with E-state index in [-0.39, 0.29) is 0 Å². The van der Waals surface area contributed by atoms with Crippen molar-refractivity contribution in [1.82, 2.24) is 4.98 Å². The van der Waals surface area contributed by atoms with Gasteiger partial charge in [-0.1, -0.05) is 0 Å². The smallest absolute Gasteiger partial charge is 0.229 e. The van der Waals surface area contributed by atoms with Crippen molar-refractivity contribution >= 4 is 22.2 Å². The number of hydrogen-bond donors (Lipinski definition) is 0. The molecule has 0 saturated carbocycles. The average molecular weight is 159 g/mol. The molecule has 3 nitrogen and oxygen atoms in total. The van der Waals surface area contributed by atoms with Crippen molar-refractivity contribution in [3.8, 4) is 0 Å². The van der Waals surface area contributed by atoms with Crippen molar-refractivity contribution in [2.24, 2.45) is 0 Å². The second-order valence-corrected chi connectivity index (χ2v) is 2.62. The fourth-order valence-corrected chi connectivity index (χ4v) is 1.28. The number of aromatic nitrogens is 1. The molecule has 0 radical (unpaired) electrons. The minimum absolute atomic E-state index is 0.623. The maximum atomic E-state index is 5.12. The van der Waals surface area contributed by atoms with Crippen molar-refractivity contribution in [2.75, 3.05) is 0 Å². The summed E-state index contributed by atoms with van der Waals surface area (Å²) in [6.45, 7) is 0. The maximum Gasteiger partial charge on any atom is 0.229 e. The molecule has 3 rings (SSSR count). The lowest BCUT2D eigenvalue weighted by Gasteiger charge is -1.86. The van der Waals surface area contributed by atoms with Gasteiger partial charge in [0.2, 0.25) is 11.4 Å². The van der Waals surface area contributed by atoms with Crippen molar-refractivity contribution in [3.63, 3.8) is 0 Å². The number of furan rings is 2. The van der Waals surface area contributed by atoms with Crippen LogP contribution in [0.4, 0.5) is 0 Å². The third-order valence-electron chi connectivity index (χ3n) is 1.86. The van der Waals surface area contributed by atoms with E-state index in [4.69, 9.17) is 8.83 Å².